The van der Waals surface area contributed by atoms with Crippen LogP contribution in [0.25, 0.3) is 0 Å². The summed E-state index contributed by atoms with van der Waals surface area (Å²) in [6.45, 7) is 3.55. The van der Waals surface area contributed by atoms with Crippen molar-refractivity contribution >= 4 is 5.91 Å². The molecule has 0 bridgehead atoms. The van der Waals surface area contributed by atoms with E-state index in [1.807, 2.05) is 6.08 Å². The molecule has 1 amide bonds. The van der Waals surface area contributed by atoms with Gasteiger partial charge in [-0.05, 0) is 38.5 Å². The number of allylic oxidation sites excluding steroid dienone is 5. The summed E-state index contributed by atoms with van der Waals surface area (Å²) >= 11 is 0. The Morgan fingerprint density at radius 1 is 0.515 bits per heavy atom. The van der Waals surface area contributed by atoms with Crippen LogP contribution in [0.1, 0.15) is 251 Å². The lowest BCUT2D eigenvalue weighted by Crippen LogP contribution is -2.60. The van der Waals surface area contributed by atoms with Crippen molar-refractivity contribution < 1.29 is 44.9 Å². The second-order valence-corrected chi connectivity index (χ2v) is 19.5. The first-order valence-electron chi connectivity index (χ1n) is 27.8. The SMILES string of the molecule is CCCC/C=C/CC/C=C/CC/C=C/C(O)C(COC1OC(CO)C(O)C(O)C1O)NC(=O)C(O)CCCCCCCCCCCCCCCCCCCCCCCCCCCCCCC. The first-order valence-corrected chi connectivity index (χ1v) is 27.8. The number of carbonyl (C=O) groups is 1. The molecule has 10 nitrogen and oxygen atoms in total. The van der Waals surface area contributed by atoms with Crippen LogP contribution in [0.2, 0.25) is 0 Å². The number of hydrogen-bond donors (Lipinski definition) is 7. The van der Waals surface area contributed by atoms with E-state index in [9.17, 15) is 35.4 Å². The van der Waals surface area contributed by atoms with Crippen molar-refractivity contribution in [3.05, 3.63) is 36.5 Å². The predicted molar refractivity (Wildman–Crippen MR) is 273 cm³/mol. The lowest BCUT2D eigenvalue weighted by Gasteiger charge is -2.40. The largest absolute Gasteiger partial charge is 0.394 e. The highest BCUT2D eigenvalue weighted by Gasteiger charge is 2.44. The zero-order valence-corrected chi connectivity index (χ0v) is 42.6. The fourth-order valence-electron chi connectivity index (χ4n) is 8.77. The van der Waals surface area contributed by atoms with Crippen LogP contribution in [-0.4, -0.2) is 98.7 Å². The van der Waals surface area contributed by atoms with Crippen molar-refractivity contribution in [3.8, 4) is 0 Å². The third kappa shape index (κ3) is 34.6. The van der Waals surface area contributed by atoms with E-state index in [2.05, 4.69) is 43.5 Å². The van der Waals surface area contributed by atoms with Gasteiger partial charge in [-0.3, -0.25) is 4.79 Å². The van der Waals surface area contributed by atoms with Gasteiger partial charge in [0.1, 0.15) is 30.5 Å². The zero-order chi connectivity index (χ0) is 48.1. The van der Waals surface area contributed by atoms with Crippen molar-refractivity contribution in [1.82, 2.24) is 5.32 Å². The monoisotopic (exact) mass is 936 g/mol. The van der Waals surface area contributed by atoms with E-state index in [-0.39, 0.29) is 6.61 Å². The molecule has 8 unspecified atom stereocenters. The molecule has 0 aromatic rings. The third-order valence-corrected chi connectivity index (χ3v) is 13.3. The number of unbranched alkanes of at least 4 members (excludes halogenated alkanes) is 32. The summed E-state index contributed by atoms with van der Waals surface area (Å²) in [6.07, 6.45) is 48.4. The van der Waals surface area contributed by atoms with Crippen LogP contribution in [0.4, 0.5) is 0 Å². The molecule has 10 heteroatoms. The van der Waals surface area contributed by atoms with Crippen LogP contribution >= 0.6 is 0 Å². The van der Waals surface area contributed by atoms with Crippen molar-refractivity contribution in [1.29, 1.82) is 0 Å². The molecule has 0 aromatic heterocycles. The number of amides is 1. The Kier molecular flexibility index (Phi) is 43.3. The van der Waals surface area contributed by atoms with Crippen LogP contribution < -0.4 is 5.32 Å². The molecule has 0 saturated carbocycles. The minimum atomic E-state index is -1.62. The summed E-state index contributed by atoms with van der Waals surface area (Å²) in [7, 11) is 0. The van der Waals surface area contributed by atoms with Gasteiger partial charge in [-0.1, -0.05) is 249 Å². The number of carbonyl (C=O) groups excluding carboxylic acids is 1. The van der Waals surface area contributed by atoms with Crippen LogP contribution in [0, 0.1) is 0 Å². The van der Waals surface area contributed by atoms with Crippen molar-refractivity contribution in [2.45, 2.75) is 300 Å². The maximum absolute atomic E-state index is 13.1. The van der Waals surface area contributed by atoms with Crippen molar-refractivity contribution in [3.63, 3.8) is 0 Å². The fourth-order valence-corrected chi connectivity index (χ4v) is 8.77. The van der Waals surface area contributed by atoms with Gasteiger partial charge in [-0.15, -0.1) is 0 Å². The maximum atomic E-state index is 13.1. The average Bonchev–Trinajstić information content (AvgIpc) is 3.32. The van der Waals surface area contributed by atoms with Gasteiger partial charge in [0.15, 0.2) is 6.29 Å². The predicted octanol–water partition coefficient (Wildman–Crippen LogP) is 12.2. The molecule has 0 aliphatic carbocycles. The minimum absolute atomic E-state index is 0.304. The van der Waals surface area contributed by atoms with Gasteiger partial charge in [0.2, 0.25) is 5.91 Å². The number of ether oxygens (including phenoxy) is 2. The van der Waals surface area contributed by atoms with Crippen molar-refractivity contribution in [2.75, 3.05) is 13.2 Å². The highest BCUT2D eigenvalue weighted by molar-refractivity contribution is 5.80. The number of aliphatic hydroxyl groups excluding tert-OH is 6. The molecule has 388 valence electrons. The standard InChI is InChI=1S/C56H105NO9/c1-3-5-7-9-11-13-15-17-18-19-20-21-22-23-24-25-26-27-28-29-30-31-32-33-35-37-39-41-43-45-50(60)55(64)57-48(47-65-56-54(63)53(62)52(61)51(46-58)66-56)49(59)44-42-40-38-36-34-16-14-12-10-8-6-4-2/h10,12,34,36,42,44,48-54,56,58-63H,3-9,11,13-33,35,37-41,43,45-47H2,1-2H3,(H,57,64)/b12-10+,36-34+,44-42+. The first-order chi connectivity index (χ1) is 32.3. The molecule has 7 N–H and O–H groups in total. The average molecular weight is 936 g/mol. The fraction of sp³-hybridized carbons (Fsp3) is 0.875. The topological polar surface area (TPSA) is 169 Å². The molecule has 8 atom stereocenters. The Hall–Kier alpha value is -1.63. The molecular weight excluding hydrogens is 831 g/mol. The summed E-state index contributed by atoms with van der Waals surface area (Å²) in [4.78, 5) is 13.1. The van der Waals surface area contributed by atoms with Crippen LogP contribution in [-0.2, 0) is 14.3 Å². The molecule has 1 aliphatic rings. The summed E-state index contributed by atoms with van der Waals surface area (Å²) in [5.74, 6) is -0.628. The molecule has 0 spiro atoms. The molecular formula is C56H105NO9. The normalized spacial score (nSPS) is 20.5. The Morgan fingerprint density at radius 3 is 1.30 bits per heavy atom. The van der Waals surface area contributed by atoms with E-state index < -0.39 is 61.5 Å². The van der Waals surface area contributed by atoms with E-state index in [0.717, 1.165) is 44.9 Å². The molecule has 1 aliphatic heterocycles. The number of rotatable bonds is 47. The molecule has 1 rings (SSSR count). The smallest absolute Gasteiger partial charge is 0.249 e. The van der Waals surface area contributed by atoms with E-state index in [1.54, 1.807) is 6.08 Å². The minimum Gasteiger partial charge on any atom is -0.394 e. The van der Waals surface area contributed by atoms with Gasteiger partial charge in [-0.25, -0.2) is 0 Å². The van der Waals surface area contributed by atoms with E-state index in [4.69, 9.17) is 9.47 Å². The van der Waals surface area contributed by atoms with Gasteiger partial charge in [0.25, 0.3) is 0 Å². The summed E-state index contributed by atoms with van der Waals surface area (Å²) < 4.78 is 11.1. The second-order valence-electron chi connectivity index (χ2n) is 19.5. The van der Waals surface area contributed by atoms with Crippen LogP contribution in [0.3, 0.4) is 0 Å². The molecule has 66 heavy (non-hydrogen) atoms. The maximum Gasteiger partial charge on any atom is 0.249 e. The molecule has 1 heterocycles. The first kappa shape index (κ1) is 62.4. The van der Waals surface area contributed by atoms with Gasteiger partial charge in [0.05, 0.1) is 25.4 Å². The lowest BCUT2D eigenvalue weighted by molar-refractivity contribution is -0.302. The highest BCUT2D eigenvalue weighted by atomic mass is 16.7. The Bertz CT molecular complexity index is 1150. The zero-order valence-electron chi connectivity index (χ0n) is 42.6. The van der Waals surface area contributed by atoms with Gasteiger partial charge in [-0.2, -0.15) is 0 Å². The Balaban J connectivity index is 2.19. The van der Waals surface area contributed by atoms with Gasteiger partial charge in [0, 0.05) is 0 Å². The number of nitrogens with one attached hydrogen (secondary N) is 1. The van der Waals surface area contributed by atoms with E-state index >= 15 is 0 Å². The summed E-state index contributed by atoms with van der Waals surface area (Å²) in [5, 5.41) is 64.8. The van der Waals surface area contributed by atoms with E-state index in [0.29, 0.717) is 19.3 Å². The number of hydrogen-bond acceptors (Lipinski definition) is 9. The molecule has 0 radical (unpaired) electrons. The van der Waals surface area contributed by atoms with E-state index in [1.165, 1.54) is 173 Å². The molecule has 1 saturated heterocycles. The van der Waals surface area contributed by atoms with Crippen molar-refractivity contribution in [2.24, 2.45) is 0 Å². The second kappa shape index (κ2) is 45.8. The number of aliphatic hydroxyl groups is 6. The summed E-state index contributed by atoms with van der Waals surface area (Å²) in [6, 6.07) is -1.00. The Morgan fingerprint density at radius 2 is 0.894 bits per heavy atom. The van der Waals surface area contributed by atoms with Gasteiger partial charge >= 0.3 is 0 Å². The summed E-state index contributed by atoms with van der Waals surface area (Å²) in [5.41, 5.74) is 0. The van der Waals surface area contributed by atoms with Gasteiger partial charge < -0.3 is 45.4 Å². The Labute approximate surface area is 404 Å². The van der Waals surface area contributed by atoms with Crippen LogP contribution in [0.15, 0.2) is 36.5 Å². The quantitative estimate of drug-likeness (QED) is 0.0232. The highest BCUT2D eigenvalue weighted by Crippen LogP contribution is 2.23. The molecule has 0 aromatic carbocycles. The lowest BCUT2D eigenvalue weighted by atomic mass is 9.99. The third-order valence-electron chi connectivity index (χ3n) is 13.3. The molecule has 1 fully saturated rings. The van der Waals surface area contributed by atoms with Crippen LogP contribution in [0.5, 0.6) is 0 Å².